The molecule has 0 aliphatic rings. The van der Waals surface area contributed by atoms with Crippen LogP contribution in [-0.4, -0.2) is 17.1 Å². The lowest BCUT2D eigenvalue weighted by Crippen LogP contribution is -2.21. The first-order valence-corrected chi connectivity index (χ1v) is 9.79. The maximum atomic E-state index is 14.1. The van der Waals surface area contributed by atoms with Crippen molar-refractivity contribution in [1.29, 1.82) is 0 Å². The molecular formula is C24H23F2NO3. The topological polar surface area (TPSA) is 48.3 Å². The van der Waals surface area contributed by atoms with Gasteiger partial charge in [-0.15, -0.1) is 6.58 Å². The number of benzene rings is 2. The number of ether oxygens (including phenoxy) is 1. The van der Waals surface area contributed by atoms with E-state index < -0.39 is 17.6 Å². The van der Waals surface area contributed by atoms with Crippen molar-refractivity contribution in [2.75, 3.05) is 6.61 Å². The van der Waals surface area contributed by atoms with Gasteiger partial charge >= 0.3 is 5.97 Å². The van der Waals surface area contributed by atoms with Gasteiger partial charge in [0, 0.05) is 17.1 Å². The molecule has 3 rings (SSSR count). The van der Waals surface area contributed by atoms with Gasteiger partial charge in [-0.3, -0.25) is 9.59 Å². The van der Waals surface area contributed by atoms with Gasteiger partial charge in [0.25, 0.3) is 0 Å². The number of hydrogen-bond donors (Lipinski definition) is 0. The van der Waals surface area contributed by atoms with Crippen LogP contribution in [-0.2, 0) is 35.3 Å². The lowest BCUT2D eigenvalue weighted by molar-refractivity contribution is -0.143. The molecule has 0 radical (unpaired) electrons. The summed E-state index contributed by atoms with van der Waals surface area (Å²) in [4.78, 5) is 24.9. The second-order valence-corrected chi connectivity index (χ2v) is 6.95. The first-order valence-electron chi connectivity index (χ1n) is 9.79. The lowest BCUT2D eigenvalue weighted by atomic mass is 10.0. The fourth-order valence-electron chi connectivity index (χ4n) is 3.50. The number of carbonyl (C=O) groups excluding carboxylic acids is 1. The van der Waals surface area contributed by atoms with Gasteiger partial charge in [-0.25, -0.2) is 8.78 Å². The minimum Gasteiger partial charge on any atom is -0.465 e. The monoisotopic (exact) mass is 411 g/mol. The first kappa shape index (κ1) is 21.4. The van der Waals surface area contributed by atoms with Crippen molar-refractivity contribution in [3.05, 3.63) is 93.8 Å². The number of allylic oxidation sites excluding steroid dienone is 1. The van der Waals surface area contributed by atoms with Gasteiger partial charge < -0.3 is 9.30 Å². The van der Waals surface area contributed by atoms with Crippen LogP contribution in [0.1, 0.15) is 23.7 Å². The Labute approximate surface area is 173 Å². The Morgan fingerprint density at radius 2 is 1.97 bits per heavy atom. The molecule has 0 atom stereocenters. The first-order chi connectivity index (χ1) is 14.4. The summed E-state index contributed by atoms with van der Waals surface area (Å²) in [6, 6.07) is 10.9. The van der Waals surface area contributed by atoms with Gasteiger partial charge in [-0.1, -0.05) is 24.3 Å². The number of fused-ring (bicyclic) bond motifs is 1. The maximum absolute atomic E-state index is 14.1. The molecule has 0 bridgehead atoms. The van der Waals surface area contributed by atoms with Crippen LogP contribution in [0.25, 0.3) is 10.9 Å². The summed E-state index contributed by atoms with van der Waals surface area (Å²) in [5, 5.41) is 0.479. The lowest BCUT2D eigenvalue weighted by Gasteiger charge is -2.17. The summed E-state index contributed by atoms with van der Waals surface area (Å²) in [5.74, 6) is -2.25. The Morgan fingerprint density at radius 1 is 1.17 bits per heavy atom. The zero-order valence-corrected chi connectivity index (χ0v) is 16.8. The van der Waals surface area contributed by atoms with Crippen molar-refractivity contribution >= 4 is 16.9 Å². The molecule has 1 aromatic heterocycles. The van der Waals surface area contributed by atoms with Crippen molar-refractivity contribution in [2.45, 2.75) is 32.7 Å². The van der Waals surface area contributed by atoms with E-state index in [0.29, 0.717) is 23.0 Å². The number of carbonyl (C=O) groups is 1. The molecule has 0 aliphatic carbocycles. The van der Waals surface area contributed by atoms with E-state index in [0.717, 1.165) is 11.6 Å². The fraction of sp³-hybridized carbons (Fsp3) is 0.250. The van der Waals surface area contributed by atoms with Crippen molar-refractivity contribution in [2.24, 2.45) is 0 Å². The predicted octanol–water partition coefficient (Wildman–Crippen LogP) is 4.36. The molecule has 6 heteroatoms. The average Bonchev–Trinajstić information content (AvgIpc) is 2.72. The molecule has 1 heterocycles. The molecule has 30 heavy (non-hydrogen) atoms. The molecule has 0 N–H and O–H groups in total. The minimum absolute atomic E-state index is 0.0802. The summed E-state index contributed by atoms with van der Waals surface area (Å²) >= 11 is 0. The van der Waals surface area contributed by atoms with Crippen molar-refractivity contribution < 1.29 is 18.3 Å². The number of hydrogen-bond acceptors (Lipinski definition) is 3. The molecule has 2 aromatic carbocycles. The Morgan fingerprint density at radius 3 is 2.70 bits per heavy atom. The molecule has 0 unspecified atom stereocenters. The number of aryl methyl sites for hydroxylation is 2. The molecular weight excluding hydrogens is 388 g/mol. The zero-order chi connectivity index (χ0) is 21.7. The van der Waals surface area contributed by atoms with Crippen LogP contribution in [0.15, 0.2) is 59.9 Å². The molecule has 0 saturated heterocycles. The summed E-state index contributed by atoms with van der Waals surface area (Å²) in [5.41, 5.74) is 2.13. The summed E-state index contributed by atoms with van der Waals surface area (Å²) in [6.45, 7) is 5.61. The molecule has 4 nitrogen and oxygen atoms in total. The van der Waals surface area contributed by atoms with Crippen molar-refractivity contribution in [3.8, 4) is 0 Å². The van der Waals surface area contributed by atoms with E-state index in [4.69, 9.17) is 4.74 Å². The summed E-state index contributed by atoms with van der Waals surface area (Å²) in [7, 11) is 0. The van der Waals surface area contributed by atoms with E-state index >= 15 is 0 Å². The highest BCUT2D eigenvalue weighted by Gasteiger charge is 2.15. The summed E-state index contributed by atoms with van der Waals surface area (Å²) in [6.07, 6.45) is 2.81. The fourth-order valence-corrected chi connectivity index (χ4v) is 3.50. The van der Waals surface area contributed by atoms with E-state index in [1.807, 2.05) is 12.1 Å². The molecule has 0 aliphatic heterocycles. The quantitative estimate of drug-likeness (QED) is 0.409. The van der Waals surface area contributed by atoms with E-state index in [1.165, 1.54) is 18.2 Å². The third kappa shape index (κ3) is 4.64. The minimum atomic E-state index is -0.913. The Bertz CT molecular complexity index is 1150. The molecule has 0 amide bonds. The van der Waals surface area contributed by atoms with Gasteiger partial charge in [0.1, 0.15) is 6.54 Å². The highest BCUT2D eigenvalue weighted by molar-refractivity contribution is 5.82. The average molecular weight is 411 g/mol. The standard InChI is InChI=1S/C24H23F2NO3/c1-3-6-16-9-12-19-21(13-16)27(15-23(29)30-4-2)18(14-22(19)28)11-10-17-7-5-8-20(25)24(17)26/h3,5,7-9,12-14H,1,4,6,10-11,15H2,2H3. The van der Waals surface area contributed by atoms with Crippen LogP contribution >= 0.6 is 0 Å². The largest absolute Gasteiger partial charge is 0.465 e. The number of esters is 1. The smallest absolute Gasteiger partial charge is 0.325 e. The second-order valence-electron chi connectivity index (χ2n) is 6.95. The zero-order valence-electron chi connectivity index (χ0n) is 16.8. The number of nitrogens with zero attached hydrogens (tertiary/aromatic N) is 1. The molecule has 156 valence electrons. The van der Waals surface area contributed by atoms with E-state index in [-0.39, 0.29) is 37.0 Å². The molecule has 0 saturated carbocycles. The van der Waals surface area contributed by atoms with Crippen LogP contribution in [0.2, 0.25) is 0 Å². The molecule has 0 fully saturated rings. The third-order valence-corrected chi connectivity index (χ3v) is 4.92. The summed E-state index contributed by atoms with van der Waals surface area (Å²) < 4.78 is 34.4. The van der Waals surface area contributed by atoms with Crippen molar-refractivity contribution in [1.82, 2.24) is 4.57 Å². The molecule has 0 spiro atoms. The Kier molecular flexibility index (Phi) is 6.77. The Hall–Kier alpha value is -3.28. The van der Waals surface area contributed by atoms with Gasteiger partial charge in [0.15, 0.2) is 17.1 Å². The van der Waals surface area contributed by atoms with Crippen LogP contribution < -0.4 is 5.43 Å². The maximum Gasteiger partial charge on any atom is 0.325 e. The van der Waals surface area contributed by atoms with Crippen LogP contribution in [0.4, 0.5) is 8.78 Å². The number of pyridine rings is 1. The van der Waals surface area contributed by atoms with E-state index in [2.05, 4.69) is 6.58 Å². The number of halogens is 2. The van der Waals surface area contributed by atoms with Gasteiger partial charge in [0.05, 0.1) is 12.1 Å². The van der Waals surface area contributed by atoms with Gasteiger partial charge in [0.2, 0.25) is 0 Å². The van der Waals surface area contributed by atoms with Crippen LogP contribution in [0.3, 0.4) is 0 Å². The predicted molar refractivity (Wildman–Crippen MR) is 113 cm³/mol. The van der Waals surface area contributed by atoms with Crippen LogP contribution in [0.5, 0.6) is 0 Å². The van der Waals surface area contributed by atoms with Gasteiger partial charge in [-0.2, -0.15) is 0 Å². The third-order valence-electron chi connectivity index (χ3n) is 4.92. The number of rotatable bonds is 8. The highest BCUT2D eigenvalue weighted by atomic mass is 19.2. The second kappa shape index (κ2) is 9.48. The van der Waals surface area contributed by atoms with Crippen LogP contribution in [0, 0.1) is 11.6 Å². The van der Waals surface area contributed by atoms with Gasteiger partial charge in [-0.05, 0) is 55.5 Å². The normalized spacial score (nSPS) is 10.9. The SMILES string of the molecule is C=CCc1ccc2c(=O)cc(CCc3cccc(F)c3F)n(CC(=O)OCC)c2c1. The number of aromatic nitrogens is 1. The van der Waals surface area contributed by atoms with E-state index in [1.54, 1.807) is 23.6 Å². The van der Waals surface area contributed by atoms with Crippen molar-refractivity contribution in [3.63, 3.8) is 0 Å². The Balaban J connectivity index is 2.08. The highest BCUT2D eigenvalue weighted by Crippen LogP contribution is 2.19. The molecule has 3 aromatic rings. The van der Waals surface area contributed by atoms with E-state index in [9.17, 15) is 18.4 Å².